The van der Waals surface area contributed by atoms with E-state index in [4.69, 9.17) is 16.3 Å². The van der Waals surface area contributed by atoms with Crippen molar-refractivity contribution < 1.29 is 14.5 Å². The molecule has 0 radical (unpaired) electrons. The summed E-state index contributed by atoms with van der Waals surface area (Å²) in [5.74, 6) is -0.281. The average Bonchev–Trinajstić information content (AvgIpc) is 3.17. The topological polar surface area (TPSA) is 99.3 Å². The van der Waals surface area contributed by atoms with Gasteiger partial charge in [-0.15, -0.1) is 0 Å². The molecule has 0 bridgehead atoms. The SMILES string of the molecule is COCCCNC(=O)c1cc(-c2ccc([N+](=O)[O-])cc2)nn1-c1ccc(Cl)cc1. The third kappa shape index (κ3) is 4.98. The van der Waals surface area contributed by atoms with Crippen LogP contribution in [0.15, 0.2) is 54.6 Å². The summed E-state index contributed by atoms with van der Waals surface area (Å²) >= 11 is 5.97. The van der Waals surface area contributed by atoms with Crippen molar-refractivity contribution in [3.63, 3.8) is 0 Å². The fourth-order valence-corrected chi connectivity index (χ4v) is 2.85. The molecule has 1 N–H and O–H groups in total. The molecule has 1 heterocycles. The number of hydrogen-bond acceptors (Lipinski definition) is 5. The summed E-state index contributed by atoms with van der Waals surface area (Å²) in [5.41, 5.74) is 2.19. The first kappa shape index (κ1) is 20.5. The highest BCUT2D eigenvalue weighted by molar-refractivity contribution is 6.30. The van der Waals surface area contributed by atoms with E-state index in [9.17, 15) is 14.9 Å². The summed E-state index contributed by atoms with van der Waals surface area (Å²) < 4.78 is 6.52. The standard InChI is InChI=1S/C20H19ClN4O4/c1-29-12-2-11-22-20(26)19-13-18(14-3-7-17(8-4-14)25(27)28)23-24(19)16-9-5-15(21)6-10-16/h3-10,13H,2,11-12H2,1H3,(H,22,26). The zero-order valence-corrected chi connectivity index (χ0v) is 16.4. The van der Waals surface area contributed by atoms with Crippen molar-refractivity contribution in [1.29, 1.82) is 0 Å². The zero-order chi connectivity index (χ0) is 20.8. The van der Waals surface area contributed by atoms with Gasteiger partial charge in [0, 0.05) is 43.0 Å². The third-order valence-corrected chi connectivity index (χ3v) is 4.45. The van der Waals surface area contributed by atoms with E-state index >= 15 is 0 Å². The Morgan fingerprint density at radius 2 is 1.90 bits per heavy atom. The quantitative estimate of drug-likeness (QED) is 0.342. The Labute approximate surface area is 172 Å². The molecule has 3 rings (SSSR count). The number of methoxy groups -OCH3 is 1. The molecule has 0 saturated carbocycles. The number of carbonyl (C=O) groups excluding carboxylic acids is 1. The summed E-state index contributed by atoms with van der Waals surface area (Å²) in [4.78, 5) is 23.1. The van der Waals surface area contributed by atoms with Gasteiger partial charge in [0.15, 0.2) is 0 Å². The summed E-state index contributed by atoms with van der Waals surface area (Å²) in [7, 11) is 1.61. The molecular formula is C20H19ClN4O4. The highest BCUT2D eigenvalue weighted by Gasteiger charge is 2.18. The molecule has 0 atom stereocenters. The van der Waals surface area contributed by atoms with Gasteiger partial charge in [0.25, 0.3) is 11.6 Å². The van der Waals surface area contributed by atoms with E-state index in [1.165, 1.54) is 16.8 Å². The number of nitrogens with one attached hydrogen (secondary N) is 1. The lowest BCUT2D eigenvalue weighted by molar-refractivity contribution is -0.384. The molecule has 1 amide bonds. The molecule has 2 aromatic carbocycles. The van der Waals surface area contributed by atoms with E-state index in [2.05, 4.69) is 10.4 Å². The Hall–Kier alpha value is -3.23. The maximum Gasteiger partial charge on any atom is 0.270 e. The number of hydrogen-bond donors (Lipinski definition) is 1. The number of amides is 1. The summed E-state index contributed by atoms with van der Waals surface area (Å²) in [6.07, 6.45) is 0.687. The zero-order valence-electron chi connectivity index (χ0n) is 15.7. The van der Waals surface area contributed by atoms with Crippen LogP contribution in [0.4, 0.5) is 5.69 Å². The predicted octanol–water partition coefficient (Wildman–Crippen LogP) is 3.87. The Kier molecular flexibility index (Phi) is 6.58. The molecular weight excluding hydrogens is 396 g/mol. The average molecular weight is 415 g/mol. The van der Waals surface area contributed by atoms with Crippen LogP contribution in [0.25, 0.3) is 16.9 Å². The minimum atomic E-state index is -0.463. The number of non-ortho nitro benzene ring substituents is 1. The molecule has 9 heteroatoms. The van der Waals surface area contributed by atoms with Gasteiger partial charge in [-0.05, 0) is 48.9 Å². The van der Waals surface area contributed by atoms with Crippen molar-refractivity contribution >= 4 is 23.2 Å². The first-order valence-electron chi connectivity index (χ1n) is 8.87. The third-order valence-electron chi connectivity index (χ3n) is 4.20. The van der Waals surface area contributed by atoms with Crippen molar-refractivity contribution in [3.05, 3.63) is 75.4 Å². The Bertz CT molecular complexity index is 1000. The van der Waals surface area contributed by atoms with E-state index in [1.807, 2.05) is 0 Å². The number of nitrogens with zero attached hydrogens (tertiary/aromatic N) is 3. The maximum atomic E-state index is 12.7. The van der Waals surface area contributed by atoms with E-state index in [-0.39, 0.29) is 11.6 Å². The number of aromatic nitrogens is 2. The van der Waals surface area contributed by atoms with E-state index in [0.717, 1.165) is 0 Å². The van der Waals surface area contributed by atoms with Gasteiger partial charge in [-0.25, -0.2) is 4.68 Å². The van der Waals surface area contributed by atoms with Gasteiger partial charge in [0.1, 0.15) is 5.69 Å². The van der Waals surface area contributed by atoms with Gasteiger partial charge in [0.05, 0.1) is 16.3 Å². The van der Waals surface area contributed by atoms with Crippen LogP contribution in [0, 0.1) is 10.1 Å². The van der Waals surface area contributed by atoms with Crippen LogP contribution >= 0.6 is 11.6 Å². The number of nitro benzene ring substituents is 1. The second-order valence-corrected chi connectivity index (χ2v) is 6.65. The first-order chi connectivity index (χ1) is 14.0. The number of rotatable bonds is 8. The number of carbonyl (C=O) groups is 1. The maximum absolute atomic E-state index is 12.7. The van der Waals surface area contributed by atoms with E-state index in [1.54, 1.807) is 49.6 Å². The van der Waals surface area contributed by atoms with Crippen LogP contribution in [0.1, 0.15) is 16.9 Å². The van der Waals surface area contributed by atoms with Crippen LogP contribution in [-0.2, 0) is 4.74 Å². The summed E-state index contributed by atoms with van der Waals surface area (Å²) in [6.45, 7) is 1.01. The highest BCUT2D eigenvalue weighted by atomic mass is 35.5. The van der Waals surface area contributed by atoms with Crippen LogP contribution in [0.3, 0.4) is 0 Å². The van der Waals surface area contributed by atoms with Crippen molar-refractivity contribution in [3.8, 4) is 16.9 Å². The molecule has 0 saturated heterocycles. The van der Waals surface area contributed by atoms with E-state index < -0.39 is 4.92 Å². The van der Waals surface area contributed by atoms with Crippen molar-refractivity contribution in [2.24, 2.45) is 0 Å². The minimum Gasteiger partial charge on any atom is -0.385 e. The molecule has 0 aliphatic rings. The van der Waals surface area contributed by atoms with Crippen molar-refractivity contribution in [2.75, 3.05) is 20.3 Å². The fourth-order valence-electron chi connectivity index (χ4n) is 2.73. The monoisotopic (exact) mass is 414 g/mol. The Balaban J connectivity index is 1.95. The fraction of sp³-hybridized carbons (Fsp3) is 0.200. The number of nitro groups is 1. The largest absolute Gasteiger partial charge is 0.385 e. The molecule has 1 aromatic heterocycles. The highest BCUT2D eigenvalue weighted by Crippen LogP contribution is 2.24. The number of benzene rings is 2. The Morgan fingerprint density at radius 3 is 2.52 bits per heavy atom. The molecule has 0 unspecified atom stereocenters. The van der Waals surface area contributed by atoms with Crippen molar-refractivity contribution in [1.82, 2.24) is 15.1 Å². The van der Waals surface area contributed by atoms with Gasteiger partial charge in [-0.3, -0.25) is 14.9 Å². The lowest BCUT2D eigenvalue weighted by Gasteiger charge is -2.08. The van der Waals surface area contributed by atoms with Gasteiger partial charge >= 0.3 is 0 Å². The molecule has 3 aromatic rings. The van der Waals surface area contributed by atoms with Gasteiger partial charge < -0.3 is 10.1 Å². The minimum absolute atomic E-state index is 0.0120. The van der Waals surface area contributed by atoms with Crippen LogP contribution in [0.2, 0.25) is 5.02 Å². The molecule has 29 heavy (non-hydrogen) atoms. The lowest BCUT2D eigenvalue weighted by Crippen LogP contribution is -2.27. The smallest absolute Gasteiger partial charge is 0.270 e. The van der Waals surface area contributed by atoms with Gasteiger partial charge in [-0.2, -0.15) is 5.10 Å². The second-order valence-electron chi connectivity index (χ2n) is 6.21. The molecule has 0 spiro atoms. The molecule has 0 aliphatic carbocycles. The normalized spacial score (nSPS) is 10.7. The van der Waals surface area contributed by atoms with Crippen LogP contribution < -0.4 is 5.32 Å². The number of halogens is 1. The second kappa shape index (κ2) is 9.31. The molecule has 8 nitrogen and oxygen atoms in total. The molecule has 0 aliphatic heterocycles. The molecule has 0 fully saturated rings. The van der Waals surface area contributed by atoms with Crippen LogP contribution in [0.5, 0.6) is 0 Å². The molecule has 150 valence electrons. The predicted molar refractivity (Wildman–Crippen MR) is 109 cm³/mol. The summed E-state index contributed by atoms with van der Waals surface area (Å²) in [5, 5.41) is 18.8. The Morgan fingerprint density at radius 1 is 1.21 bits per heavy atom. The lowest BCUT2D eigenvalue weighted by atomic mass is 10.1. The first-order valence-corrected chi connectivity index (χ1v) is 9.25. The summed E-state index contributed by atoms with van der Waals surface area (Å²) in [6, 6.07) is 14.6. The van der Waals surface area contributed by atoms with Crippen molar-refractivity contribution in [2.45, 2.75) is 6.42 Å². The van der Waals surface area contributed by atoms with Crippen LogP contribution in [-0.4, -0.2) is 40.9 Å². The van der Waals surface area contributed by atoms with E-state index in [0.29, 0.717) is 47.2 Å². The number of ether oxygens (including phenoxy) is 1. The van der Waals surface area contributed by atoms with Gasteiger partial charge in [-0.1, -0.05) is 11.6 Å². The van der Waals surface area contributed by atoms with Gasteiger partial charge in [0.2, 0.25) is 0 Å².